The summed E-state index contributed by atoms with van der Waals surface area (Å²) in [6.45, 7) is 4.17. The summed E-state index contributed by atoms with van der Waals surface area (Å²) in [7, 11) is -2.09. The molecule has 92 valence electrons. The van der Waals surface area contributed by atoms with Crippen molar-refractivity contribution in [2.45, 2.75) is 44.3 Å². The highest BCUT2D eigenvalue weighted by Gasteiger charge is 2.55. The largest absolute Gasteiger partial charge is 0.473 e. The van der Waals surface area contributed by atoms with E-state index in [2.05, 4.69) is 0 Å². The number of hydrogen-bond donors (Lipinski definition) is 1. The van der Waals surface area contributed by atoms with Gasteiger partial charge in [0.1, 0.15) is 26.2 Å². The third-order valence-corrected chi connectivity index (χ3v) is 3.67. The molecule has 0 aromatic heterocycles. The Balaban J connectivity index is 1.99. The highest BCUT2D eigenvalue weighted by atomic mass is 31.2. The predicted molar refractivity (Wildman–Crippen MR) is 57.9 cm³/mol. The normalized spacial score (nSPS) is 47.5. The van der Waals surface area contributed by atoms with E-state index < -0.39 is 20.0 Å². The van der Waals surface area contributed by atoms with Gasteiger partial charge in [0.15, 0.2) is 0 Å². The van der Waals surface area contributed by atoms with Crippen LogP contribution in [0, 0.1) is 0 Å². The van der Waals surface area contributed by atoms with Crippen LogP contribution in [-0.2, 0) is 23.1 Å². The number of fused-ring (bicyclic) bond motifs is 1. The van der Waals surface area contributed by atoms with Gasteiger partial charge in [-0.2, -0.15) is 0 Å². The van der Waals surface area contributed by atoms with Gasteiger partial charge in [0.2, 0.25) is 0 Å². The quantitative estimate of drug-likeness (QED) is 0.545. The SMILES string of the molecule is BC1OC(COC(C)C)C2OP(=O)(O)OC12. The Morgan fingerprint density at radius 3 is 2.69 bits per heavy atom. The van der Waals surface area contributed by atoms with Crippen LogP contribution in [0.4, 0.5) is 0 Å². The summed E-state index contributed by atoms with van der Waals surface area (Å²) in [5, 5.41) is 0. The number of hydrogen-bond acceptors (Lipinski definition) is 5. The molecule has 0 aromatic rings. The zero-order valence-electron chi connectivity index (χ0n) is 9.53. The fourth-order valence-electron chi connectivity index (χ4n) is 1.94. The lowest BCUT2D eigenvalue weighted by molar-refractivity contribution is -0.0443. The Labute approximate surface area is 95.2 Å². The van der Waals surface area contributed by atoms with E-state index in [-0.39, 0.29) is 18.2 Å². The average molecular weight is 250 g/mol. The Morgan fingerprint density at radius 1 is 1.44 bits per heavy atom. The molecule has 0 amide bonds. The van der Waals surface area contributed by atoms with E-state index in [0.29, 0.717) is 6.61 Å². The van der Waals surface area contributed by atoms with E-state index in [9.17, 15) is 9.46 Å². The van der Waals surface area contributed by atoms with Crippen LogP contribution in [0.25, 0.3) is 0 Å². The molecule has 0 spiro atoms. The molecule has 2 saturated heterocycles. The van der Waals surface area contributed by atoms with Gasteiger partial charge >= 0.3 is 7.82 Å². The molecule has 0 saturated carbocycles. The zero-order chi connectivity index (χ0) is 11.9. The van der Waals surface area contributed by atoms with Gasteiger partial charge in [0.05, 0.1) is 18.7 Å². The molecule has 0 radical (unpaired) electrons. The van der Waals surface area contributed by atoms with Gasteiger partial charge in [-0.3, -0.25) is 9.05 Å². The summed E-state index contributed by atoms with van der Waals surface area (Å²) < 4.78 is 32.2. The first-order valence-corrected chi connectivity index (χ1v) is 6.85. The van der Waals surface area contributed by atoms with Crippen LogP contribution in [0.5, 0.6) is 0 Å². The van der Waals surface area contributed by atoms with Crippen LogP contribution in [0.1, 0.15) is 13.8 Å². The molecule has 5 atom stereocenters. The van der Waals surface area contributed by atoms with Gasteiger partial charge < -0.3 is 14.4 Å². The molecule has 8 heteroatoms. The van der Waals surface area contributed by atoms with E-state index >= 15 is 0 Å². The fraction of sp³-hybridized carbons (Fsp3) is 1.00. The van der Waals surface area contributed by atoms with Gasteiger partial charge in [-0.15, -0.1) is 0 Å². The molecule has 5 unspecified atom stereocenters. The molecule has 0 bridgehead atoms. The van der Waals surface area contributed by atoms with Crippen molar-refractivity contribution in [2.24, 2.45) is 0 Å². The van der Waals surface area contributed by atoms with E-state index in [1.54, 1.807) is 7.85 Å². The van der Waals surface area contributed by atoms with E-state index in [0.717, 1.165) is 0 Å². The van der Waals surface area contributed by atoms with E-state index in [1.807, 2.05) is 13.8 Å². The molecule has 0 aliphatic carbocycles. The van der Waals surface area contributed by atoms with Crippen LogP contribution in [0.2, 0.25) is 0 Å². The van der Waals surface area contributed by atoms with Crippen LogP contribution in [0.15, 0.2) is 0 Å². The monoisotopic (exact) mass is 250 g/mol. The lowest BCUT2D eigenvalue weighted by Gasteiger charge is -2.17. The highest BCUT2D eigenvalue weighted by Crippen LogP contribution is 2.56. The molecular weight excluding hydrogens is 234 g/mol. The van der Waals surface area contributed by atoms with Crippen molar-refractivity contribution >= 4 is 15.7 Å². The first kappa shape index (κ1) is 12.5. The second-order valence-electron chi connectivity index (χ2n) is 4.37. The summed E-state index contributed by atoms with van der Waals surface area (Å²) in [6, 6.07) is -0.256. The Morgan fingerprint density at radius 2 is 2.06 bits per heavy atom. The van der Waals surface area contributed by atoms with Gasteiger partial charge in [-0.1, -0.05) is 0 Å². The van der Waals surface area contributed by atoms with E-state index in [1.165, 1.54) is 0 Å². The molecule has 2 heterocycles. The summed E-state index contributed by atoms with van der Waals surface area (Å²) in [4.78, 5) is 9.23. The third-order valence-electron chi connectivity index (χ3n) is 2.65. The number of phosphoric acid groups is 1. The fourth-order valence-corrected chi connectivity index (χ4v) is 3.15. The minimum absolute atomic E-state index is 0.0845. The zero-order valence-corrected chi connectivity index (χ0v) is 10.4. The first-order valence-electron chi connectivity index (χ1n) is 5.36. The smallest absolute Gasteiger partial charge is 0.376 e. The van der Waals surface area contributed by atoms with Crippen LogP contribution < -0.4 is 0 Å². The van der Waals surface area contributed by atoms with Gasteiger partial charge in [-0.25, -0.2) is 4.57 Å². The number of ether oxygens (including phenoxy) is 2. The van der Waals surface area contributed by atoms with Crippen LogP contribution in [-0.4, -0.2) is 49.8 Å². The molecule has 2 aliphatic rings. The van der Waals surface area contributed by atoms with E-state index in [4.69, 9.17) is 18.5 Å². The predicted octanol–water partition coefficient (Wildman–Crippen LogP) is -0.346. The Bertz CT molecular complexity index is 311. The van der Waals surface area contributed by atoms with Crippen LogP contribution in [0.3, 0.4) is 0 Å². The highest BCUT2D eigenvalue weighted by molar-refractivity contribution is 7.47. The summed E-state index contributed by atoms with van der Waals surface area (Å²) >= 11 is 0. The van der Waals surface area contributed by atoms with Gasteiger partial charge in [-0.05, 0) is 13.8 Å². The van der Waals surface area contributed by atoms with Gasteiger partial charge in [0, 0.05) is 0 Å². The molecule has 2 aliphatic heterocycles. The van der Waals surface area contributed by atoms with Crippen molar-refractivity contribution in [3.05, 3.63) is 0 Å². The second-order valence-corrected chi connectivity index (χ2v) is 5.73. The van der Waals surface area contributed by atoms with Crippen molar-refractivity contribution in [1.82, 2.24) is 0 Å². The maximum absolute atomic E-state index is 11.3. The second kappa shape index (κ2) is 4.40. The minimum Gasteiger partial charge on any atom is -0.376 e. The first-order chi connectivity index (χ1) is 7.39. The third kappa shape index (κ3) is 2.50. The molecule has 16 heavy (non-hydrogen) atoms. The molecule has 6 nitrogen and oxygen atoms in total. The van der Waals surface area contributed by atoms with Crippen molar-refractivity contribution in [3.8, 4) is 0 Å². The maximum atomic E-state index is 11.3. The van der Waals surface area contributed by atoms with Crippen molar-refractivity contribution in [2.75, 3.05) is 6.61 Å². The number of rotatable bonds is 3. The number of phosphoric ester groups is 1. The van der Waals surface area contributed by atoms with Crippen molar-refractivity contribution in [1.29, 1.82) is 0 Å². The van der Waals surface area contributed by atoms with Crippen molar-refractivity contribution < 1.29 is 28.0 Å². The lowest BCUT2D eigenvalue weighted by atomic mass is 9.93. The lowest BCUT2D eigenvalue weighted by Crippen LogP contribution is -2.32. The molecule has 2 fully saturated rings. The summed E-state index contributed by atoms with van der Waals surface area (Å²) in [5.74, 6) is 0. The summed E-state index contributed by atoms with van der Waals surface area (Å²) in [5.41, 5.74) is 0. The molecule has 0 aromatic carbocycles. The summed E-state index contributed by atoms with van der Waals surface area (Å²) in [6.07, 6.45) is -1.24. The molecular formula is C8H16BO6P. The topological polar surface area (TPSA) is 74.2 Å². The minimum atomic E-state index is -3.88. The van der Waals surface area contributed by atoms with Crippen molar-refractivity contribution in [3.63, 3.8) is 0 Å². The Kier molecular flexibility index (Phi) is 3.45. The van der Waals surface area contributed by atoms with Crippen LogP contribution >= 0.6 is 7.82 Å². The molecule has 2 rings (SSSR count). The Hall–Kier alpha value is 0.0949. The standard InChI is InChI=1S/C8H16BO6P/c1-4(2)12-3-5-6-7(8(9)13-5)15-16(10,11)14-6/h4-8H,3,9H2,1-2H3,(H,10,11). The average Bonchev–Trinajstić information content (AvgIpc) is 2.59. The molecule has 1 N–H and O–H groups in total. The van der Waals surface area contributed by atoms with Gasteiger partial charge in [0.25, 0.3) is 0 Å². The maximum Gasteiger partial charge on any atom is 0.473 e.